The average Bonchev–Trinajstić information content (AvgIpc) is 3.09. The normalized spacial score (nSPS) is 19.7. The number of aromatic nitrogens is 1. The number of benzene rings is 2. The number of hydrogen-bond acceptors (Lipinski definition) is 7. The molecular formula is C36H44F3N5O6. The first-order valence-electron chi connectivity index (χ1n) is 16.5. The van der Waals surface area contributed by atoms with Crippen molar-refractivity contribution in [2.24, 2.45) is 5.92 Å². The van der Waals surface area contributed by atoms with Gasteiger partial charge in [0.15, 0.2) is 0 Å². The highest BCUT2D eigenvalue weighted by atomic mass is 19.4. The predicted molar refractivity (Wildman–Crippen MR) is 182 cm³/mol. The van der Waals surface area contributed by atoms with Crippen LogP contribution in [0, 0.1) is 5.92 Å². The van der Waals surface area contributed by atoms with E-state index in [1.54, 1.807) is 44.3 Å². The van der Waals surface area contributed by atoms with E-state index < -0.39 is 35.8 Å². The molecule has 270 valence electrons. The van der Waals surface area contributed by atoms with E-state index in [1.807, 2.05) is 13.8 Å². The van der Waals surface area contributed by atoms with Crippen LogP contribution in [-0.2, 0) is 10.9 Å². The van der Waals surface area contributed by atoms with Gasteiger partial charge in [0.2, 0.25) is 0 Å². The second-order valence-electron chi connectivity index (χ2n) is 12.6. The fourth-order valence-electron chi connectivity index (χ4n) is 5.48. The number of ether oxygens (including phenoxy) is 2. The van der Waals surface area contributed by atoms with E-state index in [9.17, 15) is 32.7 Å². The molecule has 1 aliphatic rings. The molecule has 4 rings (SSSR count). The minimum Gasteiger partial charge on any atom is -0.490 e. The molecule has 1 aliphatic heterocycles. The number of pyridine rings is 1. The summed E-state index contributed by atoms with van der Waals surface area (Å²) in [7, 11) is 1.55. The number of amides is 4. The molecule has 0 fully saturated rings. The van der Waals surface area contributed by atoms with E-state index in [1.165, 1.54) is 34.3 Å². The summed E-state index contributed by atoms with van der Waals surface area (Å²) in [5.74, 6) is -0.799. The van der Waals surface area contributed by atoms with Crippen molar-refractivity contribution < 1.29 is 42.1 Å². The Morgan fingerprint density at radius 3 is 2.38 bits per heavy atom. The lowest BCUT2D eigenvalue weighted by Gasteiger charge is -2.35. The van der Waals surface area contributed by atoms with Gasteiger partial charge in [-0.1, -0.05) is 6.92 Å². The Balaban J connectivity index is 1.57. The summed E-state index contributed by atoms with van der Waals surface area (Å²) >= 11 is 0. The summed E-state index contributed by atoms with van der Waals surface area (Å²) < 4.78 is 51.5. The van der Waals surface area contributed by atoms with E-state index in [2.05, 4.69) is 15.6 Å². The minimum atomic E-state index is -4.49. The van der Waals surface area contributed by atoms with Gasteiger partial charge in [-0.05, 0) is 87.7 Å². The van der Waals surface area contributed by atoms with Crippen molar-refractivity contribution in [3.63, 3.8) is 0 Å². The van der Waals surface area contributed by atoms with E-state index in [0.717, 1.165) is 18.6 Å². The van der Waals surface area contributed by atoms with Crippen LogP contribution in [0.15, 0.2) is 67.0 Å². The van der Waals surface area contributed by atoms with Gasteiger partial charge in [-0.3, -0.25) is 14.6 Å². The molecule has 11 nitrogen and oxygen atoms in total. The third-order valence-electron chi connectivity index (χ3n) is 8.52. The van der Waals surface area contributed by atoms with Crippen molar-refractivity contribution in [1.82, 2.24) is 14.8 Å². The lowest BCUT2D eigenvalue weighted by molar-refractivity contribution is -0.137. The number of carbonyl (C=O) groups excluding carboxylic acids is 3. The topological polar surface area (TPSA) is 133 Å². The molecule has 14 heteroatoms. The van der Waals surface area contributed by atoms with E-state index in [0.29, 0.717) is 36.4 Å². The van der Waals surface area contributed by atoms with Crippen molar-refractivity contribution in [2.75, 3.05) is 44.0 Å². The molecule has 0 aliphatic carbocycles. The lowest BCUT2D eigenvalue weighted by atomic mass is 10.0. The lowest BCUT2D eigenvalue weighted by Crippen LogP contribution is -2.48. The van der Waals surface area contributed by atoms with Crippen LogP contribution in [0.2, 0.25) is 0 Å². The van der Waals surface area contributed by atoms with Gasteiger partial charge in [-0.25, -0.2) is 4.79 Å². The SMILES string of the molecule is C[C@@H]1CCCCO[C@H](CN(C)C(=O)Nc2ccc(C(F)(F)F)cc2)[C@H](C)CN([C@H](C)CO)C(=O)c2cc(NC(=O)c3ccncc3)ccc2O1. The van der Waals surface area contributed by atoms with Gasteiger partial charge in [0.05, 0.1) is 36.0 Å². The van der Waals surface area contributed by atoms with Crippen LogP contribution in [0.3, 0.4) is 0 Å². The number of nitrogens with one attached hydrogen (secondary N) is 2. The molecule has 3 aromatic rings. The number of urea groups is 1. The molecule has 4 amide bonds. The predicted octanol–water partition coefficient (Wildman–Crippen LogP) is 6.31. The standard InChI is InChI=1S/C36H44F3N5O6/c1-23-20-44(24(2)22-45)34(47)30-19-29(41-33(46)26-14-16-40-17-15-26)12-13-31(30)50-25(3)7-5-6-18-49-32(23)21-43(4)35(48)42-28-10-8-27(9-11-28)36(37,38)39/h8-17,19,23-25,32,45H,5-7,18,20-22H2,1-4H3,(H,41,46)(H,42,48)/t23-,24-,25-,32-/m1/s1. The minimum absolute atomic E-state index is 0.116. The number of aliphatic hydroxyl groups is 1. The molecule has 0 saturated carbocycles. The van der Waals surface area contributed by atoms with Crippen LogP contribution >= 0.6 is 0 Å². The van der Waals surface area contributed by atoms with E-state index in [-0.39, 0.29) is 48.9 Å². The van der Waals surface area contributed by atoms with E-state index >= 15 is 0 Å². The van der Waals surface area contributed by atoms with Gasteiger partial charge in [0.1, 0.15) is 5.75 Å². The number of fused-ring (bicyclic) bond motifs is 1. The number of aliphatic hydroxyl groups excluding tert-OH is 1. The number of rotatable bonds is 7. The first kappa shape index (κ1) is 38.1. The second kappa shape index (κ2) is 17.3. The molecule has 3 N–H and O–H groups in total. The molecule has 0 saturated heterocycles. The number of nitrogens with zero attached hydrogens (tertiary/aromatic N) is 3. The third-order valence-corrected chi connectivity index (χ3v) is 8.52. The Kier molecular flexibility index (Phi) is 13.2. The molecule has 0 unspecified atom stereocenters. The summed E-state index contributed by atoms with van der Waals surface area (Å²) in [6.07, 6.45) is -0.122. The zero-order chi connectivity index (χ0) is 36.4. The maximum Gasteiger partial charge on any atom is 0.416 e. The molecule has 50 heavy (non-hydrogen) atoms. The molecular weight excluding hydrogens is 655 g/mol. The molecule has 0 spiro atoms. The van der Waals surface area contributed by atoms with Crippen molar-refractivity contribution in [3.05, 3.63) is 83.7 Å². The Morgan fingerprint density at radius 2 is 1.72 bits per heavy atom. The highest BCUT2D eigenvalue weighted by molar-refractivity contribution is 6.05. The second-order valence-corrected chi connectivity index (χ2v) is 12.6. The summed E-state index contributed by atoms with van der Waals surface area (Å²) in [6.45, 7) is 5.82. The zero-order valence-electron chi connectivity index (χ0n) is 28.6. The van der Waals surface area contributed by atoms with Gasteiger partial charge >= 0.3 is 12.2 Å². The average molecular weight is 700 g/mol. The quantitative estimate of drug-likeness (QED) is 0.263. The van der Waals surface area contributed by atoms with Gasteiger partial charge in [-0.2, -0.15) is 13.2 Å². The van der Waals surface area contributed by atoms with Crippen molar-refractivity contribution in [3.8, 4) is 5.75 Å². The number of likely N-dealkylation sites (N-methyl/N-ethyl adjacent to an activating group) is 1. The molecule has 4 atom stereocenters. The number of halogens is 3. The Labute approximate surface area is 289 Å². The van der Waals surface area contributed by atoms with Crippen LogP contribution in [0.25, 0.3) is 0 Å². The number of hydrogen-bond donors (Lipinski definition) is 3. The fourth-order valence-corrected chi connectivity index (χ4v) is 5.48. The summed E-state index contributed by atoms with van der Waals surface area (Å²) in [5, 5.41) is 15.6. The van der Waals surface area contributed by atoms with Crippen LogP contribution < -0.4 is 15.4 Å². The van der Waals surface area contributed by atoms with Crippen LogP contribution in [0.5, 0.6) is 5.75 Å². The number of alkyl halides is 3. The van der Waals surface area contributed by atoms with Crippen molar-refractivity contribution in [2.45, 2.75) is 64.5 Å². The van der Waals surface area contributed by atoms with Gasteiger partial charge < -0.3 is 35.0 Å². The molecule has 2 aromatic carbocycles. The first-order valence-corrected chi connectivity index (χ1v) is 16.5. The highest BCUT2D eigenvalue weighted by Gasteiger charge is 2.32. The molecule has 0 radical (unpaired) electrons. The van der Waals surface area contributed by atoms with Gasteiger partial charge in [0, 0.05) is 62.0 Å². The Bertz CT molecular complexity index is 1590. The molecule has 2 heterocycles. The van der Waals surface area contributed by atoms with Crippen LogP contribution in [0.1, 0.15) is 66.3 Å². The van der Waals surface area contributed by atoms with Crippen LogP contribution in [-0.4, -0.2) is 89.3 Å². The number of anilines is 2. The maximum atomic E-state index is 14.3. The van der Waals surface area contributed by atoms with Crippen molar-refractivity contribution >= 4 is 29.2 Å². The third kappa shape index (κ3) is 10.4. The fraction of sp³-hybridized carbons (Fsp3) is 0.444. The van der Waals surface area contributed by atoms with Gasteiger partial charge in [0.25, 0.3) is 11.8 Å². The summed E-state index contributed by atoms with van der Waals surface area (Å²) in [4.78, 5) is 47.1. The largest absolute Gasteiger partial charge is 0.490 e. The summed E-state index contributed by atoms with van der Waals surface area (Å²) in [6, 6.07) is 11.0. The van der Waals surface area contributed by atoms with Crippen LogP contribution in [0.4, 0.5) is 29.3 Å². The molecule has 1 aromatic heterocycles. The van der Waals surface area contributed by atoms with Crippen molar-refractivity contribution in [1.29, 1.82) is 0 Å². The number of carbonyl (C=O) groups is 3. The smallest absolute Gasteiger partial charge is 0.416 e. The van der Waals surface area contributed by atoms with Gasteiger partial charge in [-0.15, -0.1) is 0 Å². The monoisotopic (exact) mass is 699 g/mol. The molecule has 0 bridgehead atoms. The Hall–Kier alpha value is -4.69. The van der Waals surface area contributed by atoms with E-state index in [4.69, 9.17) is 9.47 Å². The first-order chi connectivity index (χ1) is 23.8. The summed E-state index contributed by atoms with van der Waals surface area (Å²) in [5.41, 5.74) is 0.359. The Morgan fingerprint density at radius 1 is 1.04 bits per heavy atom. The highest BCUT2D eigenvalue weighted by Crippen LogP contribution is 2.31. The maximum absolute atomic E-state index is 14.3. The zero-order valence-corrected chi connectivity index (χ0v) is 28.6.